The summed E-state index contributed by atoms with van der Waals surface area (Å²) in [5.74, 6) is -1.90. The van der Waals surface area contributed by atoms with Crippen molar-refractivity contribution in [3.63, 3.8) is 0 Å². The van der Waals surface area contributed by atoms with Crippen molar-refractivity contribution in [2.45, 2.75) is 50.9 Å². The van der Waals surface area contributed by atoms with Crippen LogP contribution in [0.25, 0.3) is 5.69 Å². The molecule has 0 fully saturated rings. The lowest BCUT2D eigenvalue weighted by molar-refractivity contribution is -0.385. The van der Waals surface area contributed by atoms with E-state index in [1.165, 1.54) is 31.2 Å². The summed E-state index contributed by atoms with van der Waals surface area (Å²) in [5, 5.41) is 18.2. The number of rotatable bonds is 11. The number of non-ortho nitro benzene ring substituents is 1. The molecule has 16 heteroatoms. The number of nitro groups is 1. The molecule has 1 amide bonds. The van der Waals surface area contributed by atoms with Gasteiger partial charge in [-0.15, -0.1) is 0 Å². The quantitative estimate of drug-likeness (QED) is 0.114. The van der Waals surface area contributed by atoms with Gasteiger partial charge in [0.15, 0.2) is 5.69 Å². The van der Waals surface area contributed by atoms with Gasteiger partial charge in [-0.05, 0) is 68.3 Å². The topological polar surface area (TPSA) is 145 Å². The maximum atomic E-state index is 13.7. The van der Waals surface area contributed by atoms with E-state index in [4.69, 9.17) is 4.74 Å². The first-order chi connectivity index (χ1) is 21.1. The highest BCUT2D eigenvalue weighted by molar-refractivity contribution is 7.89. The van der Waals surface area contributed by atoms with Crippen LogP contribution in [0.5, 0.6) is 11.6 Å². The second-order valence-corrected chi connectivity index (χ2v) is 11.7. The normalized spacial score (nSPS) is 12.5. The van der Waals surface area contributed by atoms with Crippen LogP contribution in [-0.2, 0) is 22.7 Å². The molecule has 1 atom stereocenters. The van der Waals surface area contributed by atoms with Crippen LogP contribution in [0.1, 0.15) is 47.4 Å². The van der Waals surface area contributed by atoms with Crippen molar-refractivity contribution in [1.82, 2.24) is 19.8 Å². The van der Waals surface area contributed by atoms with Crippen LogP contribution in [0.3, 0.4) is 0 Å². The molecule has 1 heterocycles. The summed E-state index contributed by atoms with van der Waals surface area (Å²) in [6, 6.07) is 11.7. The first-order valence-corrected chi connectivity index (χ1v) is 14.9. The summed E-state index contributed by atoms with van der Waals surface area (Å²) in [6.07, 6.45) is -4.16. The molecule has 0 bridgehead atoms. The Balaban J connectivity index is 1.77. The fraction of sp³-hybridized carbons (Fsp3) is 0.241. The first-order valence-electron chi connectivity index (χ1n) is 13.4. The van der Waals surface area contributed by atoms with Crippen LogP contribution in [0.15, 0.2) is 71.6 Å². The number of aromatic nitrogens is 2. The van der Waals surface area contributed by atoms with E-state index < -0.39 is 55.0 Å². The fourth-order valence-electron chi connectivity index (χ4n) is 4.12. The number of carbonyl (C=O) groups excluding carboxylic acids is 1. The zero-order valence-corrected chi connectivity index (χ0v) is 24.9. The molecule has 0 unspecified atom stereocenters. The number of benzene rings is 3. The maximum absolute atomic E-state index is 13.7. The van der Waals surface area contributed by atoms with Gasteiger partial charge in [-0.2, -0.15) is 23.0 Å². The Hall–Kier alpha value is -4.83. The predicted octanol–water partition coefficient (Wildman–Crippen LogP) is 6.05. The number of alkyl halides is 3. The smallest absolute Gasteiger partial charge is 0.416 e. The largest absolute Gasteiger partial charge is 0.437 e. The Morgan fingerprint density at radius 2 is 1.80 bits per heavy atom. The Morgan fingerprint density at radius 1 is 1.11 bits per heavy atom. The molecule has 4 aromatic rings. The van der Waals surface area contributed by atoms with Crippen LogP contribution in [0.2, 0.25) is 0 Å². The van der Waals surface area contributed by atoms with E-state index in [1.54, 1.807) is 13.8 Å². The molecule has 0 saturated heterocycles. The molecule has 0 spiro atoms. The highest BCUT2D eigenvalue weighted by atomic mass is 32.2. The molecule has 3 aromatic carbocycles. The van der Waals surface area contributed by atoms with Gasteiger partial charge >= 0.3 is 6.18 Å². The number of nitro benzene ring substituents is 1. The Labute approximate surface area is 255 Å². The summed E-state index contributed by atoms with van der Waals surface area (Å²) >= 11 is 0. The van der Waals surface area contributed by atoms with E-state index in [-0.39, 0.29) is 40.7 Å². The van der Waals surface area contributed by atoms with Crippen molar-refractivity contribution in [3.8, 4) is 17.3 Å². The second-order valence-electron chi connectivity index (χ2n) is 9.97. The number of hydrogen-bond acceptors (Lipinski definition) is 7. The summed E-state index contributed by atoms with van der Waals surface area (Å²) in [6.45, 7) is 4.49. The van der Waals surface area contributed by atoms with Gasteiger partial charge in [0.05, 0.1) is 16.2 Å². The molecular formula is C29H27F4N5O6S. The predicted molar refractivity (Wildman–Crippen MR) is 154 cm³/mol. The van der Waals surface area contributed by atoms with Crippen LogP contribution in [0.4, 0.5) is 23.2 Å². The number of nitrogens with zero attached hydrogens (tertiary/aromatic N) is 3. The number of ether oxygens (including phenoxy) is 1. The molecule has 4 rings (SSSR count). The molecule has 45 heavy (non-hydrogen) atoms. The van der Waals surface area contributed by atoms with E-state index >= 15 is 0 Å². The van der Waals surface area contributed by atoms with Gasteiger partial charge in [0.1, 0.15) is 16.5 Å². The second kappa shape index (κ2) is 13.0. The summed E-state index contributed by atoms with van der Waals surface area (Å²) in [5.41, 5.74) is -1.19. The van der Waals surface area contributed by atoms with Crippen LogP contribution < -0.4 is 14.8 Å². The highest BCUT2D eigenvalue weighted by Gasteiger charge is 2.31. The Bertz CT molecular complexity index is 1840. The van der Waals surface area contributed by atoms with Crippen molar-refractivity contribution in [2.75, 3.05) is 0 Å². The van der Waals surface area contributed by atoms with Crippen molar-refractivity contribution in [2.24, 2.45) is 0 Å². The zero-order valence-electron chi connectivity index (χ0n) is 24.1. The van der Waals surface area contributed by atoms with Crippen LogP contribution in [0, 0.1) is 22.9 Å². The molecule has 1 aromatic heterocycles. The number of amides is 1. The monoisotopic (exact) mass is 649 g/mol. The molecule has 0 radical (unpaired) electrons. The molecule has 0 aliphatic carbocycles. The maximum Gasteiger partial charge on any atom is 0.416 e. The number of sulfonamides is 1. The van der Waals surface area contributed by atoms with Gasteiger partial charge in [0.25, 0.3) is 11.6 Å². The summed E-state index contributed by atoms with van der Waals surface area (Å²) in [7, 11) is -4.36. The van der Waals surface area contributed by atoms with E-state index in [1.807, 2.05) is 0 Å². The minimum atomic E-state index is -4.58. The average molecular weight is 650 g/mol. The van der Waals surface area contributed by atoms with Crippen molar-refractivity contribution >= 4 is 21.6 Å². The van der Waals surface area contributed by atoms with Crippen molar-refractivity contribution < 1.29 is 40.4 Å². The Morgan fingerprint density at radius 3 is 2.42 bits per heavy atom. The average Bonchev–Trinajstić information content (AvgIpc) is 3.31. The number of hydrogen-bond donors (Lipinski definition) is 2. The van der Waals surface area contributed by atoms with E-state index in [2.05, 4.69) is 15.1 Å². The van der Waals surface area contributed by atoms with Crippen molar-refractivity contribution in [1.29, 1.82) is 0 Å². The zero-order chi connectivity index (χ0) is 33.1. The standard InChI is InChI=1S/C29H27F4N5O6S/c1-4-17(2)36-45(42,43)25-15-23(38(40)41)12-13-24(25)44-28-18(3)26(35-37(28)22-10-8-21(30)9-11-22)27(39)34-16-19-6-5-7-20(14-19)29(31,32)33/h5-15,17,36H,4,16H2,1-3H3,(H,34,39)/t17-/m0/s1. The molecular weight excluding hydrogens is 622 g/mol. The third kappa shape index (κ3) is 7.64. The fourth-order valence-corrected chi connectivity index (χ4v) is 5.59. The van der Waals surface area contributed by atoms with E-state index in [0.717, 1.165) is 47.1 Å². The van der Waals surface area contributed by atoms with E-state index in [9.17, 15) is 40.9 Å². The van der Waals surface area contributed by atoms with Gasteiger partial charge in [0, 0.05) is 30.3 Å². The number of halogens is 4. The minimum absolute atomic E-state index is 0.0810. The summed E-state index contributed by atoms with van der Waals surface area (Å²) in [4.78, 5) is 23.4. The first kappa shape index (κ1) is 33.1. The highest BCUT2D eigenvalue weighted by Crippen LogP contribution is 2.36. The number of carbonyl (C=O) groups is 1. The molecule has 11 nitrogen and oxygen atoms in total. The molecule has 0 aliphatic heterocycles. The SMILES string of the molecule is CC[C@H](C)NS(=O)(=O)c1cc([N+](=O)[O-])ccc1Oc1c(C)c(C(=O)NCc2cccc(C(F)(F)F)c2)nn1-c1ccc(F)cc1. The third-order valence-corrected chi connectivity index (χ3v) is 8.28. The van der Waals surface area contributed by atoms with Gasteiger partial charge in [-0.1, -0.05) is 19.1 Å². The molecule has 0 aliphatic rings. The Kier molecular flexibility index (Phi) is 9.58. The van der Waals surface area contributed by atoms with Gasteiger partial charge in [-0.25, -0.2) is 17.5 Å². The molecule has 0 saturated carbocycles. The van der Waals surface area contributed by atoms with Gasteiger partial charge in [0.2, 0.25) is 15.9 Å². The third-order valence-electron chi connectivity index (χ3n) is 6.66. The lowest BCUT2D eigenvalue weighted by Gasteiger charge is -2.16. The van der Waals surface area contributed by atoms with Crippen molar-refractivity contribution in [3.05, 3.63) is 105 Å². The van der Waals surface area contributed by atoms with Gasteiger partial charge < -0.3 is 10.1 Å². The lowest BCUT2D eigenvalue weighted by Crippen LogP contribution is -2.32. The van der Waals surface area contributed by atoms with Gasteiger partial charge in [-0.3, -0.25) is 14.9 Å². The lowest BCUT2D eigenvalue weighted by atomic mass is 10.1. The molecule has 238 valence electrons. The minimum Gasteiger partial charge on any atom is -0.437 e. The summed E-state index contributed by atoms with van der Waals surface area (Å²) < 4.78 is 89.2. The van der Waals surface area contributed by atoms with E-state index in [0.29, 0.717) is 6.42 Å². The van der Waals surface area contributed by atoms with Crippen LogP contribution in [-0.4, -0.2) is 35.1 Å². The van der Waals surface area contributed by atoms with Crippen LogP contribution >= 0.6 is 0 Å². The number of nitrogens with one attached hydrogen (secondary N) is 2. The molecule has 2 N–H and O–H groups in total.